The molecule has 1 saturated heterocycles. The van der Waals surface area contributed by atoms with Crippen molar-refractivity contribution in [3.63, 3.8) is 0 Å². The Morgan fingerprint density at radius 3 is 2.61 bits per heavy atom. The molecule has 2 aromatic rings. The van der Waals surface area contributed by atoms with E-state index >= 15 is 0 Å². The number of benzene rings is 1. The highest BCUT2D eigenvalue weighted by Crippen LogP contribution is 2.39. The maximum Gasteiger partial charge on any atom is 0.231 e. The molecule has 2 aliphatic rings. The fraction of sp³-hybridized carbons (Fsp3) is 0.565. The van der Waals surface area contributed by atoms with Crippen molar-refractivity contribution in [3.8, 4) is 6.07 Å². The number of aromatic nitrogens is 3. The van der Waals surface area contributed by atoms with E-state index < -0.39 is 5.54 Å². The van der Waals surface area contributed by atoms with Crippen LogP contribution >= 0.6 is 11.8 Å². The summed E-state index contributed by atoms with van der Waals surface area (Å²) in [5, 5.41) is 22.1. The first kappa shape index (κ1) is 21.8. The molecule has 2 fully saturated rings. The largest absolute Gasteiger partial charge is 0.337 e. The molecule has 1 amide bonds. The highest BCUT2D eigenvalue weighted by Gasteiger charge is 2.43. The Morgan fingerprint density at radius 2 is 1.94 bits per heavy atom. The molecular weight excluding hydrogens is 408 g/mol. The van der Waals surface area contributed by atoms with Crippen LogP contribution in [-0.2, 0) is 17.9 Å². The molecule has 1 unspecified atom stereocenters. The van der Waals surface area contributed by atoms with Crippen LogP contribution in [0.1, 0.15) is 50.4 Å². The molecule has 0 spiro atoms. The Hall–Kier alpha value is -2.37. The van der Waals surface area contributed by atoms with Crippen LogP contribution in [0.15, 0.2) is 35.5 Å². The molecule has 1 atom stereocenters. The average molecular weight is 439 g/mol. The third-order valence-corrected chi connectivity index (χ3v) is 7.11. The minimum absolute atomic E-state index is 0.132. The fourth-order valence-corrected chi connectivity index (χ4v) is 4.88. The van der Waals surface area contributed by atoms with E-state index in [1.165, 1.54) is 36.6 Å². The van der Waals surface area contributed by atoms with Gasteiger partial charge in [-0.2, -0.15) is 5.26 Å². The predicted octanol–water partition coefficient (Wildman–Crippen LogP) is 3.21. The van der Waals surface area contributed by atoms with Gasteiger partial charge in [-0.1, -0.05) is 48.5 Å². The van der Waals surface area contributed by atoms with Gasteiger partial charge in [0.1, 0.15) is 11.4 Å². The van der Waals surface area contributed by atoms with E-state index in [1.54, 1.807) is 0 Å². The molecule has 8 heteroatoms. The molecule has 1 aliphatic carbocycles. The number of carbonyl (C=O) groups is 1. The van der Waals surface area contributed by atoms with Crippen LogP contribution in [-0.4, -0.2) is 50.0 Å². The van der Waals surface area contributed by atoms with Crippen LogP contribution in [0, 0.1) is 17.2 Å². The van der Waals surface area contributed by atoms with E-state index in [4.69, 9.17) is 0 Å². The van der Waals surface area contributed by atoms with Gasteiger partial charge in [-0.25, -0.2) is 0 Å². The van der Waals surface area contributed by atoms with Crippen molar-refractivity contribution in [1.82, 2.24) is 25.0 Å². The Bertz CT molecular complexity index is 929. The van der Waals surface area contributed by atoms with Gasteiger partial charge in [-0.05, 0) is 57.2 Å². The zero-order valence-corrected chi connectivity index (χ0v) is 18.9. The van der Waals surface area contributed by atoms with E-state index in [-0.39, 0.29) is 17.6 Å². The molecule has 0 bridgehead atoms. The second-order valence-electron chi connectivity index (χ2n) is 8.73. The standard InChI is InChI=1S/C23H30N6OS/c1-23(17-24,19-10-11-19)25-21(30)16-31-22-27-26-20(15-28-12-6-3-7-13-28)29(22)14-18-8-4-2-5-9-18/h2,4-5,8-9,19H,3,6-7,10-16H2,1H3,(H,25,30). The molecule has 1 aromatic heterocycles. The lowest BCUT2D eigenvalue weighted by Gasteiger charge is -2.26. The quantitative estimate of drug-likeness (QED) is 0.605. The lowest BCUT2D eigenvalue weighted by Crippen LogP contribution is -2.47. The number of hydrogen-bond acceptors (Lipinski definition) is 6. The molecule has 31 heavy (non-hydrogen) atoms. The van der Waals surface area contributed by atoms with Crippen LogP contribution in [0.25, 0.3) is 0 Å². The molecule has 0 radical (unpaired) electrons. The number of nitrogens with one attached hydrogen (secondary N) is 1. The Balaban J connectivity index is 1.45. The molecule has 1 saturated carbocycles. The molecule has 7 nitrogen and oxygen atoms in total. The van der Waals surface area contributed by atoms with E-state index in [0.29, 0.717) is 6.54 Å². The van der Waals surface area contributed by atoms with Crippen molar-refractivity contribution in [2.45, 2.75) is 62.8 Å². The van der Waals surface area contributed by atoms with Gasteiger partial charge in [-0.3, -0.25) is 9.69 Å². The summed E-state index contributed by atoms with van der Waals surface area (Å²) < 4.78 is 2.13. The zero-order chi connectivity index (χ0) is 21.7. The molecular formula is C23H30N6OS. The normalized spacial score (nSPS) is 18.8. The minimum atomic E-state index is -0.769. The number of nitrogens with zero attached hydrogens (tertiary/aromatic N) is 5. The monoisotopic (exact) mass is 438 g/mol. The van der Waals surface area contributed by atoms with Crippen molar-refractivity contribution in [2.24, 2.45) is 5.92 Å². The first-order valence-electron chi connectivity index (χ1n) is 11.1. The van der Waals surface area contributed by atoms with E-state index in [0.717, 1.165) is 43.5 Å². The maximum atomic E-state index is 12.6. The number of piperidine rings is 1. The lowest BCUT2D eigenvalue weighted by atomic mass is 9.98. The van der Waals surface area contributed by atoms with Gasteiger partial charge >= 0.3 is 0 Å². The molecule has 1 aromatic carbocycles. The highest BCUT2D eigenvalue weighted by atomic mass is 32.2. The Labute approximate surface area is 188 Å². The first-order chi connectivity index (χ1) is 15.1. The number of amides is 1. The number of thioether (sulfide) groups is 1. The molecule has 2 heterocycles. The van der Waals surface area contributed by atoms with Crippen LogP contribution < -0.4 is 5.32 Å². The van der Waals surface area contributed by atoms with Gasteiger partial charge in [-0.15, -0.1) is 10.2 Å². The van der Waals surface area contributed by atoms with Crippen LogP contribution in [0.2, 0.25) is 0 Å². The summed E-state index contributed by atoms with van der Waals surface area (Å²) in [4.78, 5) is 15.0. The van der Waals surface area contributed by atoms with Gasteiger partial charge in [0.05, 0.1) is 24.9 Å². The summed E-state index contributed by atoms with van der Waals surface area (Å²) in [6.07, 6.45) is 5.76. The zero-order valence-electron chi connectivity index (χ0n) is 18.1. The molecule has 4 rings (SSSR count). The van der Waals surface area contributed by atoms with Crippen molar-refractivity contribution in [2.75, 3.05) is 18.8 Å². The van der Waals surface area contributed by atoms with E-state index in [1.807, 2.05) is 25.1 Å². The van der Waals surface area contributed by atoms with Gasteiger partial charge in [0.2, 0.25) is 5.91 Å². The number of carbonyl (C=O) groups excluding carboxylic acids is 1. The highest BCUT2D eigenvalue weighted by molar-refractivity contribution is 7.99. The topological polar surface area (TPSA) is 86.8 Å². The van der Waals surface area contributed by atoms with Crippen LogP contribution in [0.3, 0.4) is 0 Å². The lowest BCUT2D eigenvalue weighted by molar-refractivity contribution is -0.119. The molecule has 1 aliphatic heterocycles. The SMILES string of the molecule is CC(C#N)(NC(=O)CSc1nnc(CN2CCCCC2)n1Cc1ccccc1)C1CC1. The van der Waals surface area contributed by atoms with Crippen molar-refractivity contribution < 1.29 is 4.79 Å². The number of hydrogen-bond donors (Lipinski definition) is 1. The van der Waals surface area contributed by atoms with Gasteiger partial charge in [0.15, 0.2) is 5.16 Å². The molecule has 1 N–H and O–H groups in total. The van der Waals surface area contributed by atoms with E-state index in [2.05, 4.69) is 43.2 Å². The van der Waals surface area contributed by atoms with Gasteiger partial charge in [0, 0.05) is 0 Å². The van der Waals surface area contributed by atoms with Crippen LogP contribution in [0.5, 0.6) is 0 Å². The number of nitriles is 1. The summed E-state index contributed by atoms with van der Waals surface area (Å²) in [7, 11) is 0. The minimum Gasteiger partial charge on any atom is -0.337 e. The first-order valence-corrected chi connectivity index (χ1v) is 12.1. The maximum absolute atomic E-state index is 12.6. The van der Waals surface area contributed by atoms with Gasteiger partial charge < -0.3 is 9.88 Å². The van der Waals surface area contributed by atoms with E-state index in [9.17, 15) is 10.1 Å². The Kier molecular flexibility index (Phi) is 6.93. The summed E-state index contributed by atoms with van der Waals surface area (Å²) in [5.74, 6) is 1.30. The number of likely N-dealkylation sites (tertiary alicyclic amines) is 1. The predicted molar refractivity (Wildman–Crippen MR) is 120 cm³/mol. The summed E-state index contributed by atoms with van der Waals surface area (Å²) in [6.45, 7) is 5.47. The van der Waals surface area contributed by atoms with Crippen LogP contribution in [0.4, 0.5) is 0 Å². The smallest absolute Gasteiger partial charge is 0.231 e. The van der Waals surface area contributed by atoms with Gasteiger partial charge in [0.25, 0.3) is 0 Å². The summed E-state index contributed by atoms with van der Waals surface area (Å²) >= 11 is 1.39. The van der Waals surface area contributed by atoms with Crippen molar-refractivity contribution in [3.05, 3.63) is 41.7 Å². The number of rotatable bonds is 9. The van der Waals surface area contributed by atoms with Crippen molar-refractivity contribution in [1.29, 1.82) is 5.26 Å². The summed E-state index contributed by atoms with van der Waals surface area (Å²) in [6, 6.07) is 12.6. The molecule has 164 valence electrons. The average Bonchev–Trinajstić information content (AvgIpc) is 3.59. The van der Waals surface area contributed by atoms with Crippen molar-refractivity contribution >= 4 is 17.7 Å². The fourth-order valence-electron chi connectivity index (χ4n) is 4.12. The summed E-state index contributed by atoms with van der Waals surface area (Å²) in [5.41, 5.74) is 0.411. The third kappa shape index (κ3) is 5.66. The Morgan fingerprint density at radius 1 is 1.19 bits per heavy atom. The second-order valence-corrected chi connectivity index (χ2v) is 9.68. The second kappa shape index (κ2) is 9.84. The third-order valence-electron chi connectivity index (χ3n) is 6.15.